The molecule has 2 N–H and O–H groups in total. The van der Waals surface area contributed by atoms with Crippen LogP contribution in [0.1, 0.15) is 34.3 Å². The molecule has 0 bridgehead atoms. The lowest BCUT2D eigenvalue weighted by molar-refractivity contribution is -0.144. The standard InChI is InChI=1S/C27H28N2O4/c30-25(15-16-26(31)33-20-18-22-11-5-2-6-12-22)29-24-14-8-7-13-23(24)27(32)28-19-17-21-9-3-1-4-10-21/h1-14H,15-20H2,(H,28,32)(H,29,30). The smallest absolute Gasteiger partial charge is 0.306 e. The topological polar surface area (TPSA) is 84.5 Å². The molecule has 3 aromatic rings. The monoisotopic (exact) mass is 444 g/mol. The average Bonchev–Trinajstić information content (AvgIpc) is 2.84. The van der Waals surface area contributed by atoms with Gasteiger partial charge in [0.2, 0.25) is 5.91 Å². The average molecular weight is 445 g/mol. The Kier molecular flexibility index (Phi) is 9.21. The van der Waals surface area contributed by atoms with Crippen molar-refractivity contribution in [1.82, 2.24) is 5.32 Å². The number of para-hydroxylation sites is 1. The molecule has 0 aromatic heterocycles. The molecule has 6 heteroatoms. The lowest BCUT2D eigenvalue weighted by atomic mass is 10.1. The highest BCUT2D eigenvalue weighted by atomic mass is 16.5. The van der Waals surface area contributed by atoms with E-state index >= 15 is 0 Å². The number of anilines is 1. The Morgan fingerprint density at radius 2 is 1.30 bits per heavy atom. The molecule has 0 atom stereocenters. The van der Waals surface area contributed by atoms with Gasteiger partial charge in [0.15, 0.2) is 0 Å². The molecule has 0 unspecified atom stereocenters. The molecule has 33 heavy (non-hydrogen) atoms. The van der Waals surface area contributed by atoms with E-state index in [-0.39, 0.29) is 31.3 Å². The summed E-state index contributed by atoms with van der Waals surface area (Å²) in [4.78, 5) is 36.9. The minimum Gasteiger partial charge on any atom is -0.465 e. The fraction of sp³-hybridized carbons (Fsp3) is 0.222. The molecular formula is C27H28N2O4. The van der Waals surface area contributed by atoms with Crippen molar-refractivity contribution in [3.63, 3.8) is 0 Å². The first-order valence-corrected chi connectivity index (χ1v) is 11.0. The number of hydrogen-bond acceptors (Lipinski definition) is 4. The molecule has 0 fully saturated rings. The minimum absolute atomic E-state index is 0.0197. The van der Waals surface area contributed by atoms with Crippen LogP contribution in [0.5, 0.6) is 0 Å². The molecule has 3 rings (SSSR count). The maximum atomic E-state index is 12.6. The van der Waals surface area contributed by atoms with Gasteiger partial charge in [-0.3, -0.25) is 14.4 Å². The summed E-state index contributed by atoms with van der Waals surface area (Å²) in [5, 5.41) is 5.61. The Bertz CT molecular complexity index is 1050. The molecule has 6 nitrogen and oxygen atoms in total. The van der Waals surface area contributed by atoms with Crippen molar-refractivity contribution in [1.29, 1.82) is 0 Å². The number of esters is 1. The Labute approximate surface area is 194 Å². The number of carbonyl (C=O) groups excluding carboxylic acids is 3. The van der Waals surface area contributed by atoms with Gasteiger partial charge in [0.1, 0.15) is 0 Å². The summed E-state index contributed by atoms with van der Waals surface area (Å²) in [7, 11) is 0. The third-order valence-corrected chi connectivity index (χ3v) is 5.04. The van der Waals surface area contributed by atoms with Gasteiger partial charge in [0, 0.05) is 19.4 Å². The molecule has 0 spiro atoms. The van der Waals surface area contributed by atoms with E-state index in [2.05, 4.69) is 10.6 Å². The predicted octanol–water partition coefficient (Wildman–Crippen LogP) is 4.16. The molecule has 0 heterocycles. The minimum atomic E-state index is -0.423. The lowest BCUT2D eigenvalue weighted by Gasteiger charge is -2.11. The number of benzene rings is 3. The van der Waals surface area contributed by atoms with Crippen molar-refractivity contribution in [2.75, 3.05) is 18.5 Å². The molecule has 0 saturated carbocycles. The molecule has 2 amide bonds. The van der Waals surface area contributed by atoms with Gasteiger partial charge in [0.25, 0.3) is 5.91 Å². The molecule has 0 aliphatic carbocycles. The summed E-state index contributed by atoms with van der Waals surface area (Å²) in [6, 6.07) is 26.4. The zero-order valence-corrected chi connectivity index (χ0v) is 18.5. The van der Waals surface area contributed by atoms with Crippen LogP contribution in [-0.2, 0) is 27.2 Å². The van der Waals surface area contributed by atoms with Gasteiger partial charge in [0.05, 0.1) is 24.3 Å². The molecule has 170 valence electrons. The van der Waals surface area contributed by atoms with E-state index in [9.17, 15) is 14.4 Å². The van der Waals surface area contributed by atoms with Crippen LogP contribution in [-0.4, -0.2) is 30.9 Å². The largest absolute Gasteiger partial charge is 0.465 e. The van der Waals surface area contributed by atoms with Crippen LogP contribution in [0.15, 0.2) is 84.9 Å². The third kappa shape index (κ3) is 8.26. The first kappa shape index (κ1) is 23.7. The van der Waals surface area contributed by atoms with Crippen LogP contribution in [0.3, 0.4) is 0 Å². The second-order valence-electron chi connectivity index (χ2n) is 7.54. The van der Waals surface area contributed by atoms with E-state index in [4.69, 9.17) is 4.74 Å². The molecular weight excluding hydrogens is 416 g/mol. The quantitative estimate of drug-likeness (QED) is 0.435. The van der Waals surface area contributed by atoms with Crippen molar-refractivity contribution < 1.29 is 19.1 Å². The molecule has 3 aromatic carbocycles. The van der Waals surface area contributed by atoms with Crippen molar-refractivity contribution in [3.05, 3.63) is 102 Å². The SMILES string of the molecule is O=C(CCC(=O)OCCc1ccccc1)Nc1ccccc1C(=O)NCCc1ccccc1. The zero-order valence-electron chi connectivity index (χ0n) is 18.5. The highest BCUT2D eigenvalue weighted by Crippen LogP contribution is 2.15. The summed E-state index contributed by atoms with van der Waals surface area (Å²) >= 11 is 0. The molecule has 0 saturated heterocycles. The molecule has 0 aliphatic heterocycles. The summed E-state index contributed by atoms with van der Waals surface area (Å²) in [6.45, 7) is 0.760. The van der Waals surface area contributed by atoms with Crippen molar-refractivity contribution in [3.8, 4) is 0 Å². The number of ether oxygens (including phenoxy) is 1. The van der Waals surface area contributed by atoms with Crippen molar-refractivity contribution >= 4 is 23.5 Å². The van der Waals surface area contributed by atoms with Crippen molar-refractivity contribution in [2.24, 2.45) is 0 Å². The van der Waals surface area contributed by atoms with Crippen molar-refractivity contribution in [2.45, 2.75) is 25.7 Å². The second-order valence-corrected chi connectivity index (χ2v) is 7.54. The summed E-state index contributed by atoms with van der Waals surface area (Å²) < 4.78 is 5.21. The fourth-order valence-electron chi connectivity index (χ4n) is 3.28. The Morgan fingerprint density at radius 3 is 2.00 bits per heavy atom. The van der Waals surface area contributed by atoms with E-state index in [0.29, 0.717) is 30.6 Å². The van der Waals surface area contributed by atoms with Crippen LogP contribution in [0.2, 0.25) is 0 Å². The Morgan fingerprint density at radius 1 is 0.697 bits per heavy atom. The first-order valence-electron chi connectivity index (χ1n) is 11.0. The maximum absolute atomic E-state index is 12.6. The van der Waals surface area contributed by atoms with Gasteiger partial charge in [-0.05, 0) is 29.7 Å². The molecule has 0 aliphatic rings. The van der Waals surface area contributed by atoms with Crippen LogP contribution in [0.4, 0.5) is 5.69 Å². The van der Waals surface area contributed by atoms with Crippen LogP contribution < -0.4 is 10.6 Å². The van der Waals surface area contributed by atoms with E-state index < -0.39 is 5.97 Å². The summed E-state index contributed by atoms with van der Waals surface area (Å²) in [5.41, 5.74) is 3.01. The maximum Gasteiger partial charge on any atom is 0.306 e. The van der Waals surface area contributed by atoms with Gasteiger partial charge in [-0.1, -0.05) is 72.8 Å². The molecule has 0 radical (unpaired) electrons. The highest BCUT2D eigenvalue weighted by molar-refractivity contribution is 6.04. The summed E-state index contributed by atoms with van der Waals surface area (Å²) in [5.74, 6) is -1.03. The number of carbonyl (C=O) groups is 3. The number of amides is 2. The normalized spacial score (nSPS) is 10.3. The Balaban J connectivity index is 1.41. The van der Waals surface area contributed by atoms with Gasteiger partial charge in [-0.15, -0.1) is 0 Å². The highest BCUT2D eigenvalue weighted by Gasteiger charge is 2.14. The Hall–Kier alpha value is -3.93. The van der Waals surface area contributed by atoms with E-state index in [1.165, 1.54) is 0 Å². The number of rotatable bonds is 11. The van der Waals surface area contributed by atoms with E-state index in [1.54, 1.807) is 24.3 Å². The lowest BCUT2D eigenvalue weighted by Crippen LogP contribution is -2.27. The second kappa shape index (κ2) is 12.8. The number of nitrogens with one attached hydrogen (secondary N) is 2. The van der Waals surface area contributed by atoms with Gasteiger partial charge >= 0.3 is 5.97 Å². The summed E-state index contributed by atoms with van der Waals surface area (Å²) in [6.07, 6.45) is 1.30. The van der Waals surface area contributed by atoms with Crippen LogP contribution in [0, 0.1) is 0 Å². The van der Waals surface area contributed by atoms with Gasteiger partial charge < -0.3 is 15.4 Å². The third-order valence-electron chi connectivity index (χ3n) is 5.04. The van der Waals surface area contributed by atoms with Gasteiger partial charge in [-0.25, -0.2) is 0 Å². The van der Waals surface area contributed by atoms with E-state index in [1.807, 2.05) is 60.7 Å². The first-order chi connectivity index (χ1) is 16.1. The fourth-order valence-corrected chi connectivity index (χ4v) is 3.28. The zero-order chi connectivity index (χ0) is 23.3. The van der Waals surface area contributed by atoms with Gasteiger partial charge in [-0.2, -0.15) is 0 Å². The predicted molar refractivity (Wildman–Crippen MR) is 128 cm³/mol. The van der Waals surface area contributed by atoms with E-state index in [0.717, 1.165) is 11.1 Å². The van der Waals surface area contributed by atoms with Crippen LogP contribution in [0.25, 0.3) is 0 Å². The number of hydrogen-bond donors (Lipinski definition) is 2. The van der Waals surface area contributed by atoms with Crippen LogP contribution >= 0.6 is 0 Å².